The van der Waals surface area contributed by atoms with Crippen LogP contribution in [0.5, 0.6) is 0 Å². The first kappa shape index (κ1) is 11.4. The van der Waals surface area contributed by atoms with Gasteiger partial charge in [0.25, 0.3) is 0 Å². The van der Waals surface area contributed by atoms with Crippen LogP contribution in [0.4, 0.5) is 0 Å². The molecule has 0 bridgehead atoms. The smallest absolute Gasteiger partial charge is 0.00204 e. The third-order valence-electron chi connectivity index (χ3n) is 4.63. The minimum atomic E-state index is 0.996. The van der Waals surface area contributed by atoms with Gasteiger partial charge in [-0.3, -0.25) is 0 Å². The zero-order valence-corrected chi connectivity index (χ0v) is 10.3. The minimum absolute atomic E-state index is 0.996. The molecule has 1 heterocycles. The van der Waals surface area contributed by atoms with Gasteiger partial charge in [0.2, 0.25) is 0 Å². The third kappa shape index (κ3) is 3.21. The summed E-state index contributed by atoms with van der Waals surface area (Å²) in [5.41, 5.74) is 0. The normalized spacial score (nSPS) is 37.8. The highest BCUT2D eigenvalue weighted by Crippen LogP contribution is 2.37. The predicted molar refractivity (Wildman–Crippen MR) is 65.9 cm³/mol. The van der Waals surface area contributed by atoms with Crippen molar-refractivity contribution in [2.24, 2.45) is 17.8 Å². The molecule has 0 spiro atoms. The lowest BCUT2D eigenvalue weighted by atomic mass is 9.73. The Balaban J connectivity index is 1.79. The van der Waals surface area contributed by atoms with E-state index in [2.05, 4.69) is 12.2 Å². The van der Waals surface area contributed by atoms with Crippen LogP contribution in [0.3, 0.4) is 0 Å². The van der Waals surface area contributed by atoms with Crippen LogP contribution < -0.4 is 5.32 Å². The Kier molecular flexibility index (Phi) is 4.49. The lowest BCUT2D eigenvalue weighted by Gasteiger charge is -2.34. The number of piperidine rings is 1. The van der Waals surface area contributed by atoms with Gasteiger partial charge in [-0.25, -0.2) is 0 Å². The molecular formula is C14H27N. The maximum atomic E-state index is 3.56. The molecule has 2 fully saturated rings. The van der Waals surface area contributed by atoms with Crippen LogP contribution in [0.15, 0.2) is 0 Å². The quantitative estimate of drug-likeness (QED) is 0.749. The van der Waals surface area contributed by atoms with Crippen molar-refractivity contribution >= 4 is 0 Å². The van der Waals surface area contributed by atoms with E-state index >= 15 is 0 Å². The first-order chi connectivity index (χ1) is 7.40. The van der Waals surface area contributed by atoms with E-state index in [-0.39, 0.29) is 0 Å². The molecule has 0 aromatic carbocycles. The molecule has 1 aliphatic carbocycles. The largest absolute Gasteiger partial charge is 0.316 e. The van der Waals surface area contributed by atoms with E-state index in [9.17, 15) is 0 Å². The molecule has 88 valence electrons. The van der Waals surface area contributed by atoms with Crippen molar-refractivity contribution in [3.05, 3.63) is 0 Å². The van der Waals surface area contributed by atoms with Gasteiger partial charge < -0.3 is 5.32 Å². The van der Waals surface area contributed by atoms with Crippen molar-refractivity contribution in [1.29, 1.82) is 0 Å². The Morgan fingerprint density at radius 2 is 1.80 bits per heavy atom. The van der Waals surface area contributed by atoms with Crippen LogP contribution >= 0.6 is 0 Å². The van der Waals surface area contributed by atoms with Crippen LogP contribution in [-0.2, 0) is 0 Å². The molecule has 1 aliphatic heterocycles. The third-order valence-corrected chi connectivity index (χ3v) is 4.63. The molecule has 0 aromatic rings. The molecule has 0 radical (unpaired) electrons. The molecule has 1 nitrogen and oxygen atoms in total. The highest BCUT2D eigenvalue weighted by atomic mass is 14.9. The summed E-state index contributed by atoms with van der Waals surface area (Å²) in [5.74, 6) is 3.12. The number of rotatable bonds is 3. The number of hydrogen-bond acceptors (Lipinski definition) is 1. The Morgan fingerprint density at radius 1 is 1.00 bits per heavy atom. The van der Waals surface area contributed by atoms with E-state index in [0.29, 0.717) is 0 Å². The molecule has 2 aliphatic rings. The second-order valence-electron chi connectivity index (χ2n) is 5.66. The van der Waals surface area contributed by atoms with Gasteiger partial charge in [-0.15, -0.1) is 0 Å². The predicted octanol–water partition coefficient (Wildman–Crippen LogP) is 3.59. The fourth-order valence-electron chi connectivity index (χ4n) is 3.69. The molecule has 2 rings (SSSR count). The Hall–Kier alpha value is -0.0400. The standard InChI is InChI=1S/C14H27N/c1-2-13-7-3-4-8-14(13)10-12-6-5-9-15-11-12/h12-15H,2-11H2,1H3. The summed E-state index contributed by atoms with van der Waals surface area (Å²) in [5, 5.41) is 3.56. The highest BCUT2D eigenvalue weighted by Gasteiger charge is 2.26. The van der Waals surface area contributed by atoms with E-state index in [1.54, 1.807) is 0 Å². The Morgan fingerprint density at radius 3 is 2.47 bits per heavy atom. The van der Waals surface area contributed by atoms with Crippen LogP contribution in [0.1, 0.15) is 58.3 Å². The van der Waals surface area contributed by atoms with Crippen molar-refractivity contribution in [3.8, 4) is 0 Å². The monoisotopic (exact) mass is 209 g/mol. The number of nitrogens with one attached hydrogen (secondary N) is 1. The topological polar surface area (TPSA) is 12.0 Å². The van der Waals surface area contributed by atoms with Crippen molar-refractivity contribution in [1.82, 2.24) is 5.32 Å². The summed E-state index contributed by atoms with van der Waals surface area (Å²) in [4.78, 5) is 0. The molecule has 0 aromatic heterocycles. The van der Waals surface area contributed by atoms with Crippen molar-refractivity contribution in [3.63, 3.8) is 0 Å². The van der Waals surface area contributed by atoms with Gasteiger partial charge in [0.05, 0.1) is 0 Å². The fourth-order valence-corrected chi connectivity index (χ4v) is 3.69. The first-order valence-electron chi connectivity index (χ1n) is 7.11. The first-order valence-corrected chi connectivity index (χ1v) is 7.11. The molecule has 3 unspecified atom stereocenters. The van der Waals surface area contributed by atoms with Gasteiger partial charge in [0.15, 0.2) is 0 Å². The van der Waals surface area contributed by atoms with E-state index in [4.69, 9.17) is 0 Å². The van der Waals surface area contributed by atoms with Gasteiger partial charge in [0.1, 0.15) is 0 Å². The van der Waals surface area contributed by atoms with Crippen LogP contribution in [-0.4, -0.2) is 13.1 Å². The summed E-state index contributed by atoms with van der Waals surface area (Å²) in [6.45, 7) is 4.95. The summed E-state index contributed by atoms with van der Waals surface area (Å²) < 4.78 is 0. The van der Waals surface area contributed by atoms with Gasteiger partial charge in [-0.1, -0.05) is 39.0 Å². The van der Waals surface area contributed by atoms with E-state index < -0.39 is 0 Å². The minimum Gasteiger partial charge on any atom is -0.316 e. The summed E-state index contributed by atoms with van der Waals surface area (Å²) in [7, 11) is 0. The zero-order chi connectivity index (χ0) is 10.5. The van der Waals surface area contributed by atoms with Gasteiger partial charge in [0, 0.05) is 0 Å². The fraction of sp³-hybridized carbons (Fsp3) is 1.00. The van der Waals surface area contributed by atoms with Crippen molar-refractivity contribution in [2.75, 3.05) is 13.1 Å². The van der Waals surface area contributed by atoms with Crippen LogP contribution in [0, 0.1) is 17.8 Å². The molecule has 0 amide bonds. The van der Waals surface area contributed by atoms with Gasteiger partial charge in [-0.05, 0) is 50.1 Å². The second-order valence-corrected chi connectivity index (χ2v) is 5.66. The SMILES string of the molecule is CCC1CCCCC1CC1CCCNC1. The zero-order valence-electron chi connectivity index (χ0n) is 10.3. The Labute approximate surface area is 95.0 Å². The second kappa shape index (κ2) is 5.89. The molecule has 1 saturated heterocycles. The maximum Gasteiger partial charge on any atom is -0.00204 e. The Bertz CT molecular complexity index is 172. The average molecular weight is 209 g/mol. The maximum absolute atomic E-state index is 3.56. The summed E-state index contributed by atoms with van der Waals surface area (Å²) in [6, 6.07) is 0. The summed E-state index contributed by atoms with van der Waals surface area (Å²) in [6.07, 6.45) is 11.9. The van der Waals surface area contributed by atoms with Crippen LogP contribution in [0.25, 0.3) is 0 Å². The van der Waals surface area contributed by atoms with Crippen LogP contribution in [0.2, 0.25) is 0 Å². The average Bonchev–Trinajstić information content (AvgIpc) is 2.31. The van der Waals surface area contributed by atoms with Gasteiger partial charge >= 0.3 is 0 Å². The molecule has 1 saturated carbocycles. The van der Waals surface area contributed by atoms with E-state index in [1.165, 1.54) is 64.5 Å². The lowest BCUT2D eigenvalue weighted by molar-refractivity contribution is 0.177. The lowest BCUT2D eigenvalue weighted by Crippen LogP contribution is -2.32. The molecule has 3 atom stereocenters. The van der Waals surface area contributed by atoms with E-state index in [1.807, 2.05) is 0 Å². The highest BCUT2D eigenvalue weighted by molar-refractivity contribution is 4.79. The van der Waals surface area contributed by atoms with Crippen molar-refractivity contribution in [2.45, 2.75) is 58.3 Å². The van der Waals surface area contributed by atoms with E-state index in [0.717, 1.165) is 17.8 Å². The molecular weight excluding hydrogens is 182 g/mol. The molecule has 15 heavy (non-hydrogen) atoms. The summed E-state index contributed by atoms with van der Waals surface area (Å²) >= 11 is 0. The molecule has 1 N–H and O–H groups in total. The number of hydrogen-bond donors (Lipinski definition) is 1. The van der Waals surface area contributed by atoms with Crippen molar-refractivity contribution < 1.29 is 0 Å². The van der Waals surface area contributed by atoms with Gasteiger partial charge in [-0.2, -0.15) is 0 Å². The molecule has 1 heteroatoms.